The summed E-state index contributed by atoms with van der Waals surface area (Å²) in [6.07, 6.45) is 8.62. The highest BCUT2D eigenvalue weighted by atomic mass is 32.2. The third kappa shape index (κ3) is 2.67. The zero-order valence-electron chi connectivity index (χ0n) is 10.1. The normalized spacial score (nSPS) is 19.0. The third-order valence-corrected chi connectivity index (χ3v) is 4.37. The van der Waals surface area contributed by atoms with Crippen LogP contribution in [0.1, 0.15) is 6.42 Å². The third-order valence-electron chi connectivity index (χ3n) is 3.14. The minimum Gasteiger partial charge on any atom is -0.383 e. The minimum absolute atomic E-state index is 0.809. The molecule has 1 atom stereocenters. The van der Waals surface area contributed by atoms with Gasteiger partial charge in [0, 0.05) is 18.9 Å². The molecule has 5 heteroatoms. The number of nitrogens with one attached hydrogen (secondary N) is 1. The Morgan fingerprint density at radius 2 is 2.44 bits per heavy atom. The molecule has 3 rings (SSSR count). The SMILES string of the molecule is c1cn(-c2ccc(NCC3CCSC3)cn2)cn1. The van der Waals surface area contributed by atoms with Gasteiger partial charge in [0.05, 0.1) is 11.9 Å². The van der Waals surface area contributed by atoms with Crippen LogP contribution in [0.4, 0.5) is 5.69 Å². The molecular formula is C13H16N4S. The summed E-state index contributed by atoms with van der Waals surface area (Å²) < 4.78 is 1.90. The summed E-state index contributed by atoms with van der Waals surface area (Å²) in [5.74, 6) is 4.30. The standard InChI is InChI=1S/C13H16N4S/c1-2-13(17-5-4-14-10-17)16-8-12(1)15-7-11-3-6-18-9-11/h1-2,4-5,8,10-11,15H,3,6-7,9H2. The number of imidazole rings is 1. The summed E-state index contributed by atoms with van der Waals surface area (Å²) in [5.41, 5.74) is 1.09. The highest BCUT2D eigenvalue weighted by molar-refractivity contribution is 7.99. The lowest BCUT2D eigenvalue weighted by Gasteiger charge is -2.11. The average molecular weight is 260 g/mol. The first kappa shape index (κ1) is 11.6. The van der Waals surface area contributed by atoms with Crippen molar-refractivity contribution in [1.29, 1.82) is 0 Å². The second-order valence-corrected chi connectivity index (χ2v) is 5.64. The van der Waals surface area contributed by atoms with Gasteiger partial charge in [-0.3, -0.25) is 4.57 Å². The predicted molar refractivity (Wildman–Crippen MR) is 75.3 cm³/mol. The number of hydrogen-bond acceptors (Lipinski definition) is 4. The fourth-order valence-electron chi connectivity index (χ4n) is 2.04. The van der Waals surface area contributed by atoms with E-state index in [9.17, 15) is 0 Å². The van der Waals surface area contributed by atoms with Crippen LogP contribution in [0.3, 0.4) is 0 Å². The molecule has 0 amide bonds. The van der Waals surface area contributed by atoms with Crippen LogP contribution in [0, 0.1) is 5.92 Å². The molecule has 0 spiro atoms. The molecule has 1 N–H and O–H groups in total. The largest absolute Gasteiger partial charge is 0.383 e. The lowest BCUT2D eigenvalue weighted by molar-refractivity contribution is 0.631. The summed E-state index contributed by atoms with van der Waals surface area (Å²) in [5, 5.41) is 3.46. The molecule has 1 aliphatic heterocycles. The quantitative estimate of drug-likeness (QED) is 0.917. The van der Waals surface area contributed by atoms with Gasteiger partial charge in [-0.1, -0.05) is 0 Å². The second-order valence-electron chi connectivity index (χ2n) is 4.49. The monoisotopic (exact) mass is 260 g/mol. The van der Waals surface area contributed by atoms with Gasteiger partial charge < -0.3 is 5.32 Å². The van der Waals surface area contributed by atoms with Gasteiger partial charge in [0.1, 0.15) is 12.1 Å². The van der Waals surface area contributed by atoms with Crippen LogP contribution in [-0.4, -0.2) is 32.6 Å². The maximum atomic E-state index is 4.42. The van der Waals surface area contributed by atoms with Gasteiger partial charge in [-0.15, -0.1) is 0 Å². The maximum absolute atomic E-state index is 4.42. The van der Waals surface area contributed by atoms with E-state index in [0.717, 1.165) is 24.0 Å². The van der Waals surface area contributed by atoms with Crippen molar-refractivity contribution in [3.05, 3.63) is 37.1 Å². The van der Waals surface area contributed by atoms with E-state index in [1.165, 1.54) is 17.9 Å². The Labute approximate surface area is 111 Å². The maximum Gasteiger partial charge on any atom is 0.137 e. The summed E-state index contributed by atoms with van der Waals surface area (Å²) in [7, 11) is 0. The average Bonchev–Trinajstić information content (AvgIpc) is 3.10. The number of thioether (sulfide) groups is 1. The fraction of sp³-hybridized carbons (Fsp3) is 0.385. The predicted octanol–water partition coefficient (Wildman–Crippen LogP) is 2.43. The van der Waals surface area contributed by atoms with Crippen molar-refractivity contribution in [3.8, 4) is 5.82 Å². The number of anilines is 1. The van der Waals surface area contributed by atoms with E-state index in [4.69, 9.17) is 0 Å². The number of aromatic nitrogens is 3. The first-order valence-corrected chi connectivity index (χ1v) is 7.33. The first-order chi connectivity index (χ1) is 8.92. The second kappa shape index (κ2) is 5.44. The molecule has 3 heterocycles. The van der Waals surface area contributed by atoms with Gasteiger partial charge in [0.15, 0.2) is 0 Å². The van der Waals surface area contributed by atoms with Gasteiger partial charge in [-0.25, -0.2) is 9.97 Å². The summed E-state index contributed by atoms with van der Waals surface area (Å²) in [4.78, 5) is 8.44. The fourth-order valence-corrected chi connectivity index (χ4v) is 3.33. The van der Waals surface area contributed by atoms with E-state index in [2.05, 4.69) is 33.1 Å². The van der Waals surface area contributed by atoms with Crippen molar-refractivity contribution in [2.75, 3.05) is 23.4 Å². The number of pyridine rings is 1. The van der Waals surface area contributed by atoms with Crippen molar-refractivity contribution in [1.82, 2.24) is 14.5 Å². The number of hydrogen-bond donors (Lipinski definition) is 1. The molecule has 1 fully saturated rings. The zero-order valence-corrected chi connectivity index (χ0v) is 10.9. The van der Waals surface area contributed by atoms with Gasteiger partial charge in [0.2, 0.25) is 0 Å². The number of nitrogens with zero attached hydrogens (tertiary/aromatic N) is 3. The van der Waals surface area contributed by atoms with E-state index in [1.54, 1.807) is 12.5 Å². The molecule has 94 valence electrons. The van der Waals surface area contributed by atoms with E-state index in [-0.39, 0.29) is 0 Å². The van der Waals surface area contributed by atoms with Crippen LogP contribution in [0.15, 0.2) is 37.1 Å². The summed E-state index contributed by atoms with van der Waals surface area (Å²) in [6.45, 7) is 1.05. The lowest BCUT2D eigenvalue weighted by atomic mass is 10.1. The van der Waals surface area contributed by atoms with Gasteiger partial charge in [0.25, 0.3) is 0 Å². The Balaban J connectivity index is 1.60. The Kier molecular flexibility index (Phi) is 3.50. The van der Waals surface area contributed by atoms with Crippen LogP contribution in [0.5, 0.6) is 0 Å². The first-order valence-electron chi connectivity index (χ1n) is 6.18. The van der Waals surface area contributed by atoms with Gasteiger partial charge in [-0.2, -0.15) is 11.8 Å². The van der Waals surface area contributed by atoms with Crippen molar-refractivity contribution in [2.45, 2.75) is 6.42 Å². The Bertz CT molecular complexity index is 474. The molecule has 18 heavy (non-hydrogen) atoms. The molecule has 1 aliphatic rings. The Morgan fingerprint density at radius 1 is 1.44 bits per heavy atom. The smallest absolute Gasteiger partial charge is 0.137 e. The molecule has 2 aromatic heterocycles. The van der Waals surface area contributed by atoms with Gasteiger partial charge >= 0.3 is 0 Å². The minimum atomic E-state index is 0.809. The Hall–Kier alpha value is -1.49. The van der Waals surface area contributed by atoms with Crippen molar-refractivity contribution in [3.63, 3.8) is 0 Å². The van der Waals surface area contributed by atoms with E-state index < -0.39 is 0 Å². The lowest BCUT2D eigenvalue weighted by Crippen LogP contribution is -2.13. The molecule has 0 saturated carbocycles. The van der Waals surface area contributed by atoms with Crippen molar-refractivity contribution >= 4 is 17.4 Å². The highest BCUT2D eigenvalue weighted by Gasteiger charge is 2.14. The molecule has 0 bridgehead atoms. The van der Waals surface area contributed by atoms with E-state index >= 15 is 0 Å². The van der Waals surface area contributed by atoms with E-state index in [0.29, 0.717) is 0 Å². The Morgan fingerprint density at radius 3 is 3.11 bits per heavy atom. The summed E-state index contributed by atoms with van der Waals surface area (Å²) >= 11 is 2.05. The van der Waals surface area contributed by atoms with Gasteiger partial charge in [-0.05, 0) is 36.0 Å². The van der Waals surface area contributed by atoms with Crippen LogP contribution in [0.2, 0.25) is 0 Å². The topological polar surface area (TPSA) is 42.7 Å². The number of rotatable bonds is 4. The molecule has 1 saturated heterocycles. The molecule has 0 aromatic carbocycles. The van der Waals surface area contributed by atoms with Crippen molar-refractivity contribution < 1.29 is 0 Å². The molecule has 0 aliphatic carbocycles. The summed E-state index contributed by atoms with van der Waals surface area (Å²) in [6, 6.07) is 4.08. The molecule has 4 nitrogen and oxygen atoms in total. The van der Waals surface area contributed by atoms with Crippen LogP contribution in [0.25, 0.3) is 5.82 Å². The highest BCUT2D eigenvalue weighted by Crippen LogP contribution is 2.23. The molecule has 1 unspecified atom stereocenters. The van der Waals surface area contributed by atoms with Crippen LogP contribution >= 0.6 is 11.8 Å². The van der Waals surface area contributed by atoms with Crippen LogP contribution in [-0.2, 0) is 0 Å². The molecule has 2 aromatic rings. The van der Waals surface area contributed by atoms with Crippen molar-refractivity contribution in [2.24, 2.45) is 5.92 Å². The molecular weight excluding hydrogens is 244 g/mol. The molecule has 0 radical (unpaired) electrons. The zero-order chi connectivity index (χ0) is 12.2. The van der Waals surface area contributed by atoms with E-state index in [1.807, 2.05) is 23.0 Å². The van der Waals surface area contributed by atoms with Crippen LogP contribution < -0.4 is 5.32 Å².